The minimum atomic E-state index is -1.61. The van der Waals surface area contributed by atoms with E-state index in [9.17, 15) is 19.5 Å². The summed E-state index contributed by atoms with van der Waals surface area (Å²) < 4.78 is 11.4. The summed E-state index contributed by atoms with van der Waals surface area (Å²) in [5, 5.41) is 11.0. The second kappa shape index (κ2) is 4.58. The lowest BCUT2D eigenvalue weighted by atomic mass is 9.44. The van der Waals surface area contributed by atoms with Crippen LogP contribution in [0.5, 0.6) is 0 Å². The largest absolute Gasteiger partial charge is 0.465 e. The minimum Gasteiger partial charge on any atom is -0.465 e. The van der Waals surface area contributed by atoms with Gasteiger partial charge in [0, 0.05) is 5.92 Å². The van der Waals surface area contributed by atoms with Crippen LogP contribution in [0.1, 0.15) is 39.5 Å². The summed E-state index contributed by atoms with van der Waals surface area (Å²) in [4.78, 5) is 39.0. The van der Waals surface area contributed by atoms with Crippen molar-refractivity contribution >= 4 is 17.7 Å². The van der Waals surface area contributed by atoms with Crippen LogP contribution < -0.4 is 0 Å². The molecule has 0 aromatic rings. The molecule has 2 spiro atoms. The smallest absolute Gasteiger partial charge is 0.323 e. The number of aliphatic hydroxyl groups excluding tert-OH is 1. The zero-order valence-corrected chi connectivity index (χ0v) is 15.1. The van der Waals surface area contributed by atoms with Gasteiger partial charge in [-0.3, -0.25) is 14.4 Å². The molecule has 5 aliphatic rings. The number of fused-ring (bicyclic) bond motifs is 1. The molecule has 0 aromatic carbocycles. The molecule has 3 saturated carbocycles. The third-order valence-corrected chi connectivity index (χ3v) is 8.18. The van der Waals surface area contributed by atoms with Gasteiger partial charge in [-0.05, 0) is 42.6 Å². The predicted molar refractivity (Wildman–Crippen MR) is 88.6 cm³/mol. The Kier molecular flexibility index (Phi) is 2.91. The molecule has 5 rings (SSSR count). The Balaban J connectivity index is 1.75. The molecule has 0 amide bonds. The third kappa shape index (κ3) is 1.46. The lowest BCUT2D eigenvalue weighted by Crippen LogP contribution is -2.70. The number of ether oxygens (including phenoxy) is 2. The molecule has 6 nitrogen and oxygen atoms in total. The van der Waals surface area contributed by atoms with Crippen molar-refractivity contribution in [1.82, 2.24) is 0 Å². The number of ketones is 1. The number of esters is 2. The van der Waals surface area contributed by atoms with Crippen molar-refractivity contribution in [3.8, 4) is 0 Å². The Morgan fingerprint density at radius 3 is 2.62 bits per heavy atom. The van der Waals surface area contributed by atoms with Crippen molar-refractivity contribution in [1.29, 1.82) is 0 Å². The molecular formula is C20H24O6. The Labute approximate surface area is 151 Å². The van der Waals surface area contributed by atoms with E-state index in [0.717, 1.165) is 6.42 Å². The lowest BCUT2D eigenvalue weighted by molar-refractivity contribution is -0.244. The summed E-state index contributed by atoms with van der Waals surface area (Å²) in [6.45, 7) is 8.11. The normalized spacial score (nSPS) is 51.3. The van der Waals surface area contributed by atoms with E-state index in [2.05, 4.69) is 6.58 Å². The fourth-order valence-corrected chi connectivity index (χ4v) is 7.14. The molecule has 7 atom stereocenters. The van der Waals surface area contributed by atoms with Gasteiger partial charge in [0.25, 0.3) is 0 Å². The highest BCUT2D eigenvalue weighted by atomic mass is 16.6. The van der Waals surface area contributed by atoms with Crippen LogP contribution in [0.4, 0.5) is 0 Å². The third-order valence-electron chi connectivity index (χ3n) is 8.18. The van der Waals surface area contributed by atoms with Crippen LogP contribution >= 0.6 is 0 Å². The summed E-state index contributed by atoms with van der Waals surface area (Å²) in [5.74, 6) is -2.57. The number of rotatable bonds is 0. The Morgan fingerprint density at radius 1 is 1.15 bits per heavy atom. The van der Waals surface area contributed by atoms with E-state index >= 15 is 0 Å². The van der Waals surface area contributed by atoms with Gasteiger partial charge >= 0.3 is 11.9 Å². The molecule has 0 unspecified atom stereocenters. The maximum absolute atomic E-state index is 13.2. The molecule has 5 fully saturated rings. The van der Waals surface area contributed by atoms with Crippen molar-refractivity contribution in [2.75, 3.05) is 6.61 Å². The van der Waals surface area contributed by atoms with Gasteiger partial charge in [0.05, 0.1) is 17.4 Å². The summed E-state index contributed by atoms with van der Waals surface area (Å²) >= 11 is 0. The van der Waals surface area contributed by atoms with Crippen LogP contribution in [0.2, 0.25) is 0 Å². The zero-order chi connectivity index (χ0) is 18.6. The average Bonchev–Trinajstić information content (AvgIpc) is 2.98. The van der Waals surface area contributed by atoms with Crippen molar-refractivity contribution < 1.29 is 29.0 Å². The van der Waals surface area contributed by atoms with Gasteiger partial charge in [0.15, 0.2) is 11.2 Å². The highest BCUT2D eigenvalue weighted by Gasteiger charge is 2.80. The second-order valence-electron chi connectivity index (χ2n) is 9.48. The van der Waals surface area contributed by atoms with Crippen molar-refractivity contribution in [3.05, 3.63) is 12.2 Å². The molecule has 6 heteroatoms. The first-order valence-electron chi connectivity index (χ1n) is 9.48. The Hall–Kier alpha value is -1.69. The molecule has 2 heterocycles. The fourth-order valence-electron chi connectivity index (χ4n) is 7.14. The van der Waals surface area contributed by atoms with Crippen LogP contribution in [-0.4, -0.2) is 41.6 Å². The number of hydrogen-bond acceptors (Lipinski definition) is 6. The highest BCUT2D eigenvalue weighted by molar-refractivity contribution is 6.16. The lowest BCUT2D eigenvalue weighted by Gasteiger charge is -2.61. The van der Waals surface area contributed by atoms with Crippen LogP contribution in [0.3, 0.4) is 0 Å². The number of Topliss-reactive ketones (excluding diaryl/α,β-unsaturated/α-hetero) is 1. The van der Waals surface area contributed by atoms with Gasteiger partial charge < -0.3 is 14.6 Å². The van der Waals surface area contributed by atoms with Crippen LogP contribution in [0.15, 0.2) is 12.2 Å². The molecule has 140 valence electrons. The standard InChI is InChI=1S/C20H24O6/c1-9-10-4-5-11-19-8-25-16(23)13(19)18(2,3)7-6-12(19)26-17(24)20(11,14(9)21)15(10)22/h10-13,15,22H,1,4-8H2,2-3H3/t10-,11-,12-,13+,15+,19+,20-/m0/s1. The van der Waals surface area contributed by atoms with Gasteiger partial charge in [0.1, 0.15) is 12.7 Å². The van der Waals surface area contributed by atoms with Crippen molar-refractivity contribution in [2.24, 2.45) is 34.0 Å². The first kappa shape index (κ1) is 16.5. The molecule has 3 aliphatic carbocycles. The molecule has 26 heavy (non-hydrogen) atoms. The summed E-state index contributed by atoms with van der Waals surface area (Å²) in [6.07, 6.45) is 1.03. The minimum absolute atomic E-state index is 0.154. The molecular weight excluding hydrogens is 336 g/mol. The second-order valence-corrected chi connectivity index (χ2v) is 9.48. The topological polar surface area (TPSA) is 89.9 Å². The predicted octanol–water partition coefficient (Wildman–Crippen LogP) is 1.40. The fraction of sp³-hybridized carbons (Fsp3) is 0.750. The van der Waals surface area contributed by atoms with Crippen molar-refractivity contribution in [3.63, 3.8) is 0 Å². The van der Waals surface area contributed by atoms with Crippen LogP contribution in [-0.2, 0) is 23.9 Å². The van der Waals surface area contributed by atoms with Gasteiger partial charge in [0.2, 0.25) is 0 Å². The van der Waals surface area contributed by atoms with Crippen molar-refractivity contribution in [2.45, 2.75) is 51.7 Å². The van der Waals surface area contributed by atoms with Gasteiger partial charge in [-0.25, -0.2) is 0 Å². The number of hydrogen-bond donors (Lipinski definition) is 1. The van der Waals surface area contributed by atoms with E-state index in [-0.39, 0.29) is 18.0 Å². The quantitative estimate of drug-likeness (QED) is 0.399. The van der Waals surface area contributed by atoms with Crippen LogP contribution in [0.25, 0.3) is 0 Å². The van der Waals surface area contributed by atoms with Crippen LogP contribution in [0, 0.1) is 34.0 Å². The maximum Gasteiger partial charge on any atom is 0.323 e. The monoisotopic (exact) mass is 360 g/mol. The zero-order valence-electron chi connectivity index (χ0n) is 15.1. The van der Waals surface area contributed by atoms with Gasteiger partial charge in [-0.2, -0.15) is 0 Å². The maximum atomic E-state index is 13.2. The number of carbonyl (C=O) groups is 3. The first-order valence-corrected chi connectivity index (χ1v) is 9.48. The van der Waals surface area contributed by atoms with E-state index in [4.69, 9.17) is 9.47 Å². The SMILES string of the molecule is C=C1C(=O)[C@@]23C(=O)O[C@H]4CCC(C)(C)[C@H]5C(=O)OC[C@@]45[C@@H]2CC[C@@H]1[C@H]3O. The number of cyclic esters (lactones) is 1. The van der Waals surface area contributed by atoms with E-state index in [1.807, 2.05) is 13.8 Å². The summed E-state index contributed by atoms with van der Waals surface area (Å²) in [5.41, 5.74) is -2.34. The highest BCUT2D eigenvalue weighted by Crippen LogP contribution is 2.70. The van der Waals surface area contributed by atoms with E-state index in [0.29, 0.717) is 24.8 Å². The Bertz CT molecular complexity index is 768. The molecule has 0 radical (unpaired) electrons. The molecule has 0 aromatic heterocycles. The van der Waals surface area contributed by atoms with Gasteiger partial charge in [-0.15, -0.1) is 0 Å². The Morgan fingerprint density at radius 2 is 1.88 bits per heavy atom. The summed E-state index contributed by atoms with van der Waals surface area (Å²) in [7, 11) is 0. The number of carbonyl (C=O) groups excluding carboxylic acids is 3. The average molecular weight is 360 g/mol. The molecule has 2 aliphatic heterocycles. The summed E-state index contributed by atoms with van der Waals surface area (Å²) in [6, 6.07) is 0. The van der Waals surface area contributed by atoms with E-state index in [1.54, 1.807) is 0 Å². The first-order chi connectivity index (χ1) is 12.2. The molecule has 1 N–H and O–H groups in total. The molecule has 2 saturated heterocycles. The van der Waals surface area contributed by atoms with E-state index in [1.165, 1.54) is 0 Å². The van der Waals surface area contributed by atoms with Gasteiger partial charge in [-0.1, -0.05) is 20.4 Å². The number of aliphatic hydroxyl groups is 1. The molecule has 2 bridgehead atoms. The van der Waals surface area contributed by atoms with E-state index < -0.39 is 52.5 Å².